The van der Waals surface area contributed by atoms with Gasteiger partial charge in [-0.1, -0.05) is 257 Å². The number of pyridine rings is 9. The first-order valence-corrected chi connectivity index (χ1v) is 46.8. The minimum atomic E-state index is 0. The van der Waals surface area contributed by atoms with Gasteiger partial charge in [-0.25, -0.2) is 0 Å². The molecule has 0 aliphatic carbocycles. The maximum absolute atomic E-state index is 4.61. The molecule has 0 fully saturated rings. The van der Waals surface area contributed by atoms with Gasteiger partial charge in [0.25, 0.3) is 0 Å². The van der Waals surface area contributed by atoms with Crippen LogP contribution < -0.4 is 0 Å². The zero-order valence-electron chi connectivity index (χ0n) is 79.8. The Labute approximate surface area is 889 Å². The second-order valence-corrected chi connectivity index (χ2v) is 33.6. The van der Waals surface area contributed by atoms with Crippen LogP contribution in [0, 0.1) is 54.6 Å². The summed E-state index contributed by atoms with van der Waals surface area (Å²) in [6.07, 6.45) is 13.1. The third kappa shape index (κ3) is 30.2. The molecule has 25 rings (SSSR count). The molecule has 16 aromatic carbocycles. The molecule has 145 heavy (non-hydrogen) atoms. The van der Waals surface area contributed by atoms with Crippen molar-refractivity contribution in [3.8, 4) is 112 Å². The van der Waals surface area contributed by atoms with Gasteiger partial charge in [-0.15, -0.1) is 323 Å². The molecule has 700 valence electrons. The summed E-state index contributed by atoms with van der Waals surface area (Å²) >= 11 is 0. The van der Waals surface area contributed by atoms with E-state index in [1.807, 2.05) is 395 Å². The topological polar surface area (TPSA) is 116 Å². The smallest absolute Gasteiger partial charge is 0.305 e. The number of benzene rings is 16. The molecule has 9 nitrogen and oxygen atoms in total. The monoisotopic (exact) mass is 2400 g/mol. The zero-order chi connectivity index (χ0) is 96.8. The molecule has 0 amide bonds. The average Bonchev–Trinajstić information content (AvgIpc) is 0.835. The van der Waals surface area contributed by atoms with Gasteiger partial charge in [0.05, 0.1) is 11.0 Å². The molecule has 0 bridgehead atoms. The molecule has 0 aliphatic rings. The maximum atomic E-state index is 4.61. The third-order valence-corrected chi connectivity index (χ3v) is 22.7. The van der Waals surface area contributed by atoms with E-state index in [1.165, 1.54) is 70.6 Å². The van der Waals surface area contributed by atoms with E-state index in [-0.39, 0.29) is 65.7 Å². The van der Waals surface area contributed by atoms with Crippen LogP contribution in [0.25, 0.3) is 177 Å². The maximum Gasteiger partial charge on any atom is 3.00 e. The van der Waals surface area contributed by atoms with Crippen LogP contribution in [0.4, 0.5) is 0 Å². The van der Waals surface area contributed by atoms with Gasteiger partial charge in [-0.2, -0.15) is 0 Å². The Morgan fingerprint density at radius 2 is 0.414 bits per heavy atom. The van der Waals surface area contributed by atoms with E-state index < -0.39 is 0 Å². The Kier molecular flexibility index (Phi) is 39.1. The number of para-hydroxylation sites is 2. The van der Waals surface area contributed by atoms with Gasteiger partial charge in [-0.05, 0) is 158 Å². The first kappa shape index (κ1) is 104. The number of nitrogens with zero attached hydrogens (tertiary/aromatic N) is 9. The molecule has 25 aromatic rings. The Morgan fingerprint density at radius 3 is 0.710 bits per heavy atom. The average molecular weight is 2400 g/mol. The van der Waals surface area contributed by atoms with E-state index in [9.17, 15) is 0 Å². The summed E-state index contributed by atoms with van der Waals surface area (Å²) in [5.74, 6) is 0. The summed E-state index contributed by atoms with van der Waals surface area (Å²) in [6.45, 7) is 6.63. The molecule has 0 unspecified atom stereocenters. The van der Waals surface area contributed by atoms with E-state index in [4.69, 9.17) is 0 Å². The van der Waals surface area contributed by atoms with Gasteiger partial charge < -0.3 is 34.9 Å². The second kappa shape index (κ2) is 54.4. The Morgan fingerprint density at radius 1 is 0.166 bits per heavy atom. The van der Waals surface area contributed by atoms with Crippen LogP contribution in [0.3, 0.4) is 0 Å². The number of hydrogen-bond donors (Lipinski definition) is 0. The van der Waals surface area contributed by atoms with Crippen molar-refractivity contribution in [2.75, 3.05) is 0 Å². The van der Waals surface area contributed by atoms with Crippen molar-refractivity contribution in [3.63, 3.8) is 0 Å². The second-order valence-electron chi connectivity index (χ2n) is 33.6. The fraction of sp³-hybridized carbons (Fsp3) is 0.0301. The van der Waals surface area contributed by atoms with Crippen molar-refractivity contribution >= 4 is 64.9 Å². The van der Waals surface area contributed by atoms with E-state index in [1.54, 1.807) is 6.20 Å². The number of aromatic nitrogens is 9. The summed E-state index contributed by atoms with van der Waals surface area (Å²) in [4.78, 5) is 40.0. The molecule has 0 spiro atoms. The van der Waals surface area contributed by atoms with E-state index >= 15 is 0 Å². The van der Waals surface area contributed by atoms with Crippen molar-refractivity contribution in [3.05, 3.63) is 589 Å². The molecule has 12 heteroatoms. The standard InChI is InChI=1S/C17H12N.6C15H10N.C15H16N.C11H8N.3Ir/c1-3-7-14(8-4-1)16-11-12-18-17(13-16)15-9-5-2-6-10-15;4*1-2-6-12(7-3-1)15-10-13-8-4-5-9-14(13)11-16-15;2*1-2-6-12(7-3-1)15-11-10-13-8-4-5-9-14(13)16-15;1-15(2,3)13-9-10-16-14(11-13)12-7-5-4-6-8-12;1-2-6-10(7-3-1)11-8-4-5-9-12-11;;;/h1-9,11-13H;6*1-6,8-11H;4-7,9-11H,1-3H3;1-6,8-9H;;;/q9*-1;3*+3. The van der Waals surface area contributed by atoms with Crippen LogP contribution in [0.1, 0.15) is 26.3 Å². The van der Waals surface area contributed by atoms with Crippen molar-refractivity contribution in [2.45, 2.75) is 26.2 Å². The van der Waals surface area contributed by atoms with Gasteiger partial charge >= 0.3 is 60.3 Å². The zero-order valence-corrected chi connectivity index (χ0v) is 86.9. The van der Waals surface area contributed by atoms with Crippen LogP contribution >= 0.6 is 0 Å². The Bertz CT molecular complexity index is 7240. The molecule has 0 saturated carbocycles. The first-order chi connectivity index (χ1) is 70.1. The van der Waals surface area contributed by atoms with E-state index in [2.05, 4.69) is 248 Å². The van der Waals surface area contributed by atoms with E-state index in [0.29, 0.717) is 0 Å². The summed E-state index contributed by atoms with van der Waals surface area (Å²) in [7, 11) is 0. The largest absolute Gasteiger partial charge is 3.00 e. The molecular formula is C133H96Ir3N9. The molecule has 0 aliphatic heterocycles. The fourth-order valence-electron chi connectivity index (χ4n) is 15.3. The minimum absolute atomic E-state index is 0. The van der Waals surface area contributed by atoms with Gasteiger partial charge in [0.1, 0.15) is 0 Å². The molecule has 0 N–H and O–H groups in total. The molecule has 0 radical (unpaired) electrons. The number of rotatable bonds is 10. The van der Waals surface area contributed by atoms with E-state index in [0.717, 1.165) is 112 Å². The minimum Gasteiger partial charge on any atom is -0.305 e. The normalized spacial score (nSPS) is 10.3. The predicted molar refractivity (Wildman–Crippen MR) is 586 cm³/mol. The van der Waals surface area contributed by atoms with Gasteiger partial charge in [-0.3, -0.25) is 9.97 Å². The predicted octanol–water partition coefficient (Wildman–Crippen LogP) is 32.8. The van der Waals surface area contributed by atoms with Crippen molar-refractivity contribution < 1.29 is 60.3 Å². The molecule has 0 atom stereocenters. The fourth-order valence-corrected chi connectivity index (χ4v) is 15.3. The first-order valence-electron chi connectivity index (χ1n) is 46.8. The summed E-state index contributed by atoms with van der Waals surface area (Å²) < 4.78 is 0. The molecular weight excluding hydrogens is 2300 g/mol. The summed E-state index contributed by atoms with van der Waals surface area (Å²) in [5, 5.41) is 11.9. The SMILES string of the molecule is CC(C)(C)c1ccnc(-c2[c-]cccc2)c1.[Ir+3].[Ir+3].[Ir+3].[c-]1ccccc1-c1cc(-c2ccccc2)ccn1.[c-]1ccccc1-c1cc2ccccc2cn1.[c-]1ccccc1-c1cc2ccccc2cn1.[c-]1ccccc1-c1cc2ccccc2cn1.[c-]1ccccc1-c1cc2ccccc2cn1.[c-]1ccccc1-c1ccc2ccccc2n1.[c-]1ccccc1-c1ccc2ccccc2n1.[c-]1ccccc1-c1ccccn1. The van der Waals surface area contributed by atoms with Crippen LogP contribution in [-0.4, -0.2) is 44.9 Å². The Hall–Kier alpha value is -16.6. The van der Waals surface area contributed by atoms with Crippen molar-refractivity contribution in [1.29, 1.82) is 0 Å². The molecule has 9 aromatic heterocycles. The number of fused-ring (bicyclic) bond motifs is 6. The van der Waals surface area contributed by atoms with Crippen LogP contribution in [0.5, 0.6) is 0 Å². The molecule has 9 heterocycles. The third-order valence-electron chi connectivity index (χ3n) is 22.7. The van der Waals surface area contributed by atoms with Gasteiger partial charge in [0.2, 0.25) is 0 Å². The van der Waals surface area contributed by atoms with Crippen molar-refractivity contribution in [1.82, 2.24) is 44.9 Å². The van der Waals surface area contributed by atoms with Gasteiger partial charge in [0, 0.05) is 43.4 Å². The summed E-state index contributed by atoms with van der Waals surface area (Å²) in [5.41, 5.74) is 24.0. The summed E-state index contributed by atoms with van der Waals surface area (Å²) in [6, 6.07) is 190. The van der Waals surface area contributed by atoms with Gasteiger partial charge in [0.15, 0.2) is 0 Å². The number of hydrogen-bond acceptors (Lipinski definition) is 9. The van der Waals surface area contributed by atoms with Crippen LogP contribution in [0.2, 0.25) is 0 Å². The van der Waals surface area contributed by atoms with Crippen molar-refractivity contribution in [2.24, 2.45) is 0 Å². The Balaban J connectivity index is 0.000000129. The quantitative estimate of drug-likeness (QED) is 0.123. The molecule has 0 saturated heterocycles. The van der Waals surface area contributed by atoms with Crippen LogP contribution in [-0.2, 0) is 65.7 Å². The van der Waals surface area contributed by atoms with Crippen LogP contribution in [0.15, 0.2) is 529 Å².